The van der Waals surface area contributed by atoms with Crippen LogP contribution in [0.2, 0.25) is 0 Å². The van der Waals surface area contributed by atoms with Crippen molar-refractivity contribution < 1.29 is 4.42 Å². The summed E-state index contributed by atoms with van der Waals surface area (Å²) in [5.41, 5.74) is 5.00. The average molecular weight is 310 g/mol. The molecule has 0 radical (unpaired) electrons. The van der Waals surface area contributed by atoms with Gasteiger partial charge in [0.05, 0.1) is 5.69 Å². The number of nitrogens with zero attached hydrogens (tertiary/aromatic N) is 2. The highest BCUT2D eigenvalue weighted by molar-refractivity contribution is 5.83. The van der Waals surface area contributed by atoms with Gasteiger partial charge in [0.25, 0.3) is 0 Å². The first-order chi connectivity index (χ1) is 11.9. The average Bonchev–Trinajstić information content (AvgIpc) is 3.25. The zero-order valence-electron chi connectivity index (χ0n) is 12.9. The Morgan fingerprint density at radius 1 is 0.792 bits per heavy atom. The fourth-order valence-electron chi connectivity index (χ4n) is 3.00. The predicted molar refractivity (Wildman–Crippen MR) is 95.8 cm³/mol. The van der Waals surface area contributed by atoms with Crippen LogP contribution >= 0.6 is 0 Å². The Hall–Kier alpha value is -3.33. The van der Waals surface area contributed by atoms with E-state index in [1.165, 1.54) is 0 Å². The smallest absolute Gasteiger partial charge is 0.137 e. The van der Waals surface area contributed by atoms with Crippen molar-refractivity contribution >= 4 is 16.6 Å². The van der Waals surface area contributed by atoms with Crippen molar-refractivity contribution in [2.75, 3.05) is 0 Å². The number of aromatic nitrogens is 2. The van der Waals surface area contributed by atoms with Crippen molar-refractivity contribution in [1.29, 1.82) is 0 Å². The normalized spacial score (nSPS) is 11.3. The van der Waals surface area contributed by atoms with Crippen LogP contribution in [-0.4, -0.2) is 9.38 Å². The zero-order valence-corrected chi connectivity index (χ0v) is 12.9. The van der Waals surface area contributed by atoms with Gasteiger partial charge in [0.15, 0.2) is 0 Å². The molecule has 3 heteroatoms. The molecule has 0 N–H and O–H groups in total. The number of hydrogen-bond donors (Lipinski definition) is 0. The van der Waals surface area contributed by atoms with Gasteiger partial charge in [0.2, 0.25) is 0 Å². The summed E-state index contributed by atoms with van der Waals surface area (Å²) in [6, 6.07) is 24.5. The molecule has 5 rings (SSSR count). The highest BCUT2D eigenvalue weighted by atomic mass is 16.3. The fourth-order valence-corrected chi connectivity index (χ4v) is 3.00. The molecule has 0 bridgehead atoms. The molecule has 0 aliphatic rings. The maximum atomic E-state index is 5.93. The molecule has 3 aromatic heterocycles. The molecule has 0 aliphatic heterocycles. The minimum absolute atomic E-state index is 0.887. The molecule has 0 atom stereocenters. The van der Waals surface area contributed by atoms with Gasteiger partial charge in [-0.15, -0.1) is 0 Å². The van der Waals surface area contributed by atoms with Crippen molar-refractivity contribution in [2.24, 2.45) is 0 Å². The SMILES string of the molecule is c1ccc2oc(-c3ccc(-c4cn5ccccc5n4)cc3)cc2c1. The molecule has 24 heavy (non-hydrogen) atoms. The molecule has 0 saturated carbocycles. The monoisotopic (exact) mass is 310 g/mol. The van der Waals surface area contributed by atoms with Gasteiger partial charge in [-0.1, -0.05) is 48.5 Å². The van der Waals surface area contributed by atoms with Crippen molar-refractivity contribution in [1.82, 2.24) is 9.38 Å². The van der Waals surface area contributed by atoms with Crippen LogP contribution in [0.25, 0.3) is 39.2 Å². The Balaban J connectivity index is 1.54. The van der Waals surface area contributed by atoms with Crippen LogP contribution in [0.3, 0.4) is 0 Å². The summed E-state index contributed by atoms with van der Waals surface area (Å²) in [5.74, 6) is 0.887. The molecule has 0 fully saturated rings. The summed E-state index contributed by atoms with van der Waals surface area (Å²) in [6.45, 7) is 0. The van der Waals surface area contributed by atoms with Gasteiger partial charge >= 0.3 is 0 Å². The van der Waals surface area contributed by atoms with Crippen molar-refractivity contribution in [3.63, 3.8) is 0 Å². The fraction of sp³-hybridized carbons (Fsp3) is 0. The zero-order chi connectivity index (χ0) is 15.9. The molecule has 3 nitrogen and oxygen atoms in total. The number of furan rings is 1. The van der Waals surface area contributed by atoms with Gasteiger partial charge in [-0.05, 0) is 24.3 Å². The van der Waals surface area contributed by atoms with Crippen LogP contribution in [0.5, 0.6) is 0 Å². The second-order valence-electron chi connectivity index (χ2n) is 5.82. The summed E-state index contributed by atoms with van der Waals surface area (Å²) >= 11 is 0. The van der Waals surface area contributed by atoms with Crippen LogP contribution in [0.1, 0.15) is 0 Å². The predicted octanol–water partition coefficient (Wildman–Crippen LogP) is 5.41. The summed E-state index contributed by atoms with van der Waals surface area (Å²) in [6.07, 6.45) is 4.06. The topological polar surface area (TPSA) is 30.4 Å². The van der Waals surface area contributed by atoms with Crippen LogP contribution in [0.4, 0.5) is 0 Å². The first-order valence-electron chi connectivity index (χ1n) is 7.90. The summed E-state index contributed by atoms with van der Waals surface area (Å²) in [7, 11) is 0. The third-order valence-corrected chi connectivity index (χ3v) is 4.25. The molecular formula is C21H14N2O. The Labute approximate surface area is 138 Å². The van der Waals surface area contributed by atoms with Crippen molar-refractivity contribution in [3.8, 4) is 22.6 Å². The van der Waals surface area contributed by atoms with Gasteiger partial charge in [0.1, 0.15) is 17.0 Å². The van der Waals surface area contributed by atoms with Crippen LogP contribution in [-0.2, 0) is 0 Å². The van der Waals surface area contributed by atoms with E-state index < -0.39 is 0 Å². The number of hydrogen-bond acceptors (Lipinski definition) is 2. The molecule has 3 heterocycles. The Bertz CT molecular complexity index is 990. The van der Waals surface area contributed by atoms with E-state index in [2.05, 4.69) is 41.4 Å². The van der Waals surface area contributed by atoms with E-state index in [1.54, 1.807) is 0 Å². The number of rotatable bonds is 2. The van der Waals surface area contributed by atoms with E-state index in [9.17, 15) is 0 Å². The Morgan fingerprint density at radius 3 is 2.42 bits per heavy atom. The minimum Gasteiger partial charge on any atom is -0.456 e. The van der Waals surface area contributed by atoms with Gasteiger partial charge in [-0.25, -0.2) is 4.98 Å². The van der Waals surface area contributed by atoms with Crippen LogP contribution < -0.4 is 0 Å². The number of imidazole rings is 1. The number of benzene rings is 2. The van der Waals surface area contributed by atoms with Crippen LogP contribution in [0, 0.1) is 0 Å². The highest BCUT2D eigenvalue weighted by Crippen LogP contribution is 2.29. The first kappa shape index (κ1) is 13.1. The van der Waals surface area contributed by atoms with Crippen molar-refractivity contribution in [2.45, 2.75) is 0 Å². The van der Waals surface area contributed by atoms with E-state index >= 15 is 0 Å². The first-order valence-corrected chi connectivity index (χ1v) is 7.90. The second-order valence-corrected chi connectivity index (χ2v) is 5.82. The lowest BCUT2D eigenvalue weighted by Gasteiger charge is -1.99. The minimum atomic E-state index is 0.887. The van der Waals surface area contributed by atoms with Gasteiger partial charge in [-0.3, -0.25) is 0 Å². The molecular weight excluding hydrogens is 296 g/mol. The third-order valence-electron chi connectivity index (χ3n) is 4.25. The quantitative estimate of drug-likeness (QED) is 0.436. The van der Waals surface area contributed by atoms with Crippen LogP contribution in [0.15, 0.2) is 89.6 Å². The third kappa shape index (κ3) is 2.10. The lowest BCUT2D eigenvalue weighted by Crippen LogP contribution is -1.78. The molecule has 0 amide bonds. The van der Waals surface area contributed by atoms with Gasteiger partial charge in [-0.2, -0.15) is 0 Å². The summed E-state index contributed by atoms with van der Waals surface area (Å²) < 4.78 is 7.96. The van der Waals surface area contributed by atoms with Crippen molar-refractivity contribution in [3.05, 3.63) is 85.2 Å². The van der Waals surface area contributed by atoms with E-state index in [1.807, 2.05) is 53.2 Å². The molecule has 0 aliphatic carbocycles. The number of para-hydroxylation sites is 1. The lowest BCUT2D eigenvalue weighted by atomic mass is 10.1. The van der Waals surface area contributed by atoms with E-state index in [-0.39, 0.29) is 0 Å². The van der Waals surface area contributed by atoms with E-state index in [0.29, 0.717) is 0 Å². The van der Waals surface area contributed by atoms with E-state index in [4.69, 9.17) is 4.42 Å². The standard InChI is InChI=1S/C21H14N2O/c1-2-6-19-17(5-1)13-20(24-19)16-10-8-15(9-11-16)18-14-23-12-4-3-7-21(23)22-18/h1-14H. The number of fused-ring (bicyclic) bond motifs is 2. The summed E-state index contributed by atoms with van der Waals surface area (Å²) in [5, 5.41) is 1.12. The maximum absolute atomic E-state index is 5.93. The highest BCUT2D eigenvalue weighted by Gasteiger charge is 2.08. The van der Waals surface area contributed by atoms with Gasteiger partial charge in [0, 0.05) is 28.9 Å². The second kappa shape index (κ2) is 5.10. The molecule has 114 valence electrons. The molecule has 0 unspecified atom stereocenters. The Kier molecular flexibility index (Phi) is 2.79. The largest absolute Gasteiger partial charge is 0.456 e. The lowest BCUT2D eigenvalue weighted by molar-refractivity contribution is 0.631. The molecule has 0 saturated heterocycles. The van der Waals surface area contributed by atoms with Gasteiger partial charge < -0.3 is 8.82 Å². The number of pyridine rings is 1. The Morgan fingerprint density at radius 2 is 1.58 bits per heavy atom. The maximum Gasteiger partial charge on any atom is 0.137 e. The van der Waals surface area contributed by atoms with E-state index in [0.717, 1.165) is 39.2 Å². The molecule has 2 aromatic carbocycles. The summed E-state index contributed by atoms with van der Waals surface area (Å²) in [4.78, 5) is 4.66. The molecule has 0 spiro atoms. The molecule has 5 aromatic rings.